The average molecular weight is 302 g/mol. The molecule has 0 saturated heterocycles. The molecule has 3 rings (SSSR count). The fraction of sp³-hybridized carbons (Fsp3) is 0.500. The highest BCUT2D eigenvalue weighted by Gasteiger charge is 2.19. The smallest absolute Gasteiger partial charge is 0.191 e. The van der Waals surface area contributed by atoms with Crippen LogP contribution in [0.4, 0.5) is 0 Å². The SMILES string of the molecule is Cc1ccc(C(CN)Sc2nnc3n2CCCCC3)cc1. The minimum atomic E-state index is 0.238. The molecule has 1 aliphatic heterocycles. The van der Waals surface area contributed by atoms with Gasteiger partial charge in [-0.05, 0) is 25.3 Å². The molecule has 4 nitrogen and oxygen atoms in total. The second kappa shape index (κ2) is 6.62. The van der Waals surface area contributed by atoms with Crippen LogP contribution in [-0.4, -0.2) is 21.3 Å². The molecule has 0 saturated carbocycles. The van der Waals surface area contributed by atoms with Crippen molar-refractivity contribution in [1.29, 1.82) is 0 Å². The molecule has 1 aromatic carbocycles. The molecule has 0 aliphatic carbocycles. The normalized spacial score (nSPS) is 16.3. The van der Waals surface area contributed by atoms with Gasteiger partial charge in [-0.2, -0.15) is 0 Å². The van der Waals surface area contributed by atoms with E-state index in [9.17, 15) is 0 Å². The summed E-state index contributed by atoms with van der Waals surface area (Å²) in [5, 5.41) is 10.0. The number of benzene rings is 1. The van der Waals surface area contributed by atoms with E-state index in [-0.39, 0.29) is 5.25 Å². The zero-order valence-corrected chi connectivity index (χ0v) is 13.3. The number of nitrogens with zero attached hydrogens (tertiary/aromatic N) is 3. The first-order valence-electron chi connectivity index (χ1n) is 7.63. The lowest BCUT2D eigenvalue weighted by Gasteiger charge is -2.15. The third kappa shape index (κ3) is 3.30. The van der Waals surface area contributed by atoms with Gasteiger partial charge in [-0.15, -0.1) is 10.2 Å². The van der Waals surface area contributed by atoms with Crippen LogP contribution in [0.5, 0.6) is 0 Å². The Morgan fingerprint density at radius 2 is 2.00 bits per heavy atom. The van der Waals surface area contributed by atoms with E-state index in [2.05, 4.69) is 46.0 Å². The van der Waals surface area contributed by atoms with Crippen LogP contribution in [0.1, 0.15) is 41.5 Å². The van der Waals surface area contributed by atoms with E-state index in [4.69, 9.17) is 5.73 Å². The lowest BCUT2D eigenvalue weighted by molar-refractivity contribution is 0.590. The van der Waals surface area contributed by atoms with Gasteiger partial charge in [-0.1, -0.05) is 48.0 Å². The minimum absolute atomic E-state index is 0.238. The van der Waals surface area contributed by atoms with E-state index < -0.39 is 0 Å². The predicted molar refractivity (Wildman–Crippen MR) is 86.4 cm³/mol. The van der Waals surface area contributed by atoms with E-state index in [0.29, 0.717) is 6.54 Å². The molecule has 0 fully saturated rings. The number of hydrogen-bond donors (Lipinski definition) is 1. The van der Waals surface area contributed by atoms with Crippen LogP contribution in [0.15, 0.2) is 29.4 Å². The highest BCUT2D eigenvalue weighted by Crippen LogP contribution is 2.34. The standard InChI is InChI=1S/C16H22N4S/c1-12-6-8-13(9-7-12)14(11-17)21-16-19-18-15-5-3-2-4-10-20(15)16/h6-9,14H,2-5,10-11,17H2,1H3. The molecule has 1 aliphatic rings. The Kier molecular flexibility index (Phi) is 4.60. The van der Waals surface area contributed by atoms with Gasteiger partial charge in [0.25, 0.3) is 0 Å². The fourth-order valence-corrected chi connectivity index (χ4v) is 3.76. The number of rotatable bonds is 4. The maximum atomic E-state index is 5.99. The van der Waals surface area contributed by atoms with Crippen LogP contribution < -0.4 is 5.73 Å². The summed E-state index contributed by atoms with van der Waals surface area (Å²) < 4.78 is 2.29. The Bertz CT molecular complexity index is 591. The first-order chi connectivity index (χ1) is 10.3. The van der Waals surface area contributed by atoms with Crippen LogP contribution in [0.3, 0.4) is 0 Å². The highest BCUT2D eigenvalue weighted by atomic mass is 32.2. The van der Waals surface area contributed by atoms with Crippen LogP contribution in [0.2, 0.25) is 0 Å². The first kappa shape index (κ1) is 14.6. The number of hydrogen-bond acceptors (Lipinski definition) is 4. The van der Waals surface area contributed by atoms with Gasteiger partial charge in [-0.25, -0.2) is 0 Å². The quantitative estimate of drug-likeness (QED) is 0.882. The van der Waals surface area contributed by atoms with Gasteiger partial charge in [0.05, 0.1) is 0 Å². The minimum Gasteiger partial charge on any atom is -0.329 e. The average Bonchev–Trinajstić information content (AvgIpc) is 2.72. The Labute approximate surface area is 130 Å². The number of aryl methyl sites for hydroxylation is 2. The number of fused-ring (bicyclic) bond motifs is 1. The van der Waals surface area contributed by atoms with Crippen molar-refractivity contribution in [3.05, 3.63) is 41.2 Å². The summed E-state index contributed by atoms with van der Waals surface area (Å²) in [4.78, 5) is 0. The van der Waals surface area contributed by atoms with Crippen molar-refractivity contribution in [2.24, 2.45) is 5.73 Å². The molecule has 2 aromatic rings. The van der Waals surface area contributed by atoms with Crippen LogP contribution in [-0.2, 0) is 13.0 Å². The monoisotopic (exact) mass is 302 g/mol. The van der Waals surface area contributed by atoms with Gasteiger partial charge in [0.1, 0.15) is 5.82 Å². The van der Waals surface area contributed by atoms with Crippen molar-refractivity contribution in [2.75, 3.05) is 6.54 Å². The first-order valence-corrected chi connectivity index (χ1v) is 8.51. The van der Waals surface area contributed by atoms with Crippen molar-refractivity contribution in [2.45, 2.75) is 49.6 Å². The summed E-state index contributed by atoms with van der Waals surface area (Å²) >= 11 is 1.74. The number of aromatic nitrogens is 3. The molecular formula is C16H22N4S. The second-order valence-electron chi connectivity index (χ2n) is 5.61. The summed E-state index contributed by atoms with van der Waals surface area (Å²) in [6, 6.07) is 8.62. The van der Waals surface area contributed by atoms with E-state index >= 15 is 0 Å². The Balaban J connectivity index is 1.81. The molecule has 112 valence electrons. The molecule has 0 amide bonds. The topological polar surface area (TPSA) is 56.7 Å². The van der Waals surface area contributed by atoms with Crippen molar-refractivity contribution in [3.63, 3.8) is 0 Å². The van der Waals surface area contributed by atoms with E-state index in [1.807, 2.05) is 0 Å². The summed E-state index contributed by atoms with van der Waals surface area (Å²) in [6.45, 7) is 3.75. The Morgan fingerprint density at radius 1 is 1.19 bits per heavy atom. The van der Waals surface area contributed by atoms with E-state index in [1.165, 1.54) is 30.4 Å². The third-order valence-corrected chi connectivity index (χ3v) is 5.25. The lowest BCUT2D eigenvalue weighted by Crippen LogP contribution is -2.11. The lowest BCUT2D eigenvalue weighted by atomic mass is 10.1. The van der Waals surface area contributed by atoms with Gasteiger partial charge >= 0.3 is 0 Å². The molecule has 1 aromatic heterocycles. The molecule has 0 radical (unpaired) electrons. The molecule has 0 bridgehead atoms. The highest BCUT2D eigenvalue weighted by molar-refractivity contribution is 7.99. The van der Waals surface area contributed by atoms with Gasteiger partial charge in [0.15, 0.2) is 5.16 Å². The van der Waals surface area contributed by atoms with Gasteiger partial charge in [0, 0.05) is 24.8 Å². The zero-order valence-electron chi connectivity index (χ0n) is 12.5. The summed E-state index contributed by atoms with van der Waals surface area (Å²) in [7, 11) is 0. The van der Waals surface area contributed by atoms with E-state index in [0.717, 1.165) is 23.9 Å². The van der Waals surface area contributed by atoms with Crippen molar-refractivity contribution in [3.8, 4) is 0 Å². The summed E-state index contributed by atoms with van der Waals surface area (Å²) in [6.07, 6.45) is 4.77. The third-order valence-electron chi connectivity index (χ3n) is 3.99. The fourth-order valence-electron chi connectivity index (χ4n) is 2.71. The van der Waals surface area contributed by atoms with Crippen LogP contribution in [0, 0.1) is 6.92 Å². The van der Waals surface area contributed by atoms with Crippen LogP contribution in [0.25, 0.3) is 0 Å². The maximum Gasteiger partial charge on any atom is 0.191 e. The van der Waals surface area contributed by atoms with Crippen molar-refractivity contribution in [1.82, 2.24) is 14.8 Å². The van der Waals surface area contributed by atoms with Crippen LogP contribution >= 0.6 is 11.8 Å². The molecule has 0 spiro atoms. The van der Waals surface area contributed by atoms with Crippen molar-refractivity contribution >= 4 is 11.8 Å². The van der Waals surface area contributed by atoms with Gasteiger partial charge < -0.3 is 10.3 Å². The molecule has 2 N–H and O–H groups in total. The molecule has 5 heteroatoms. The Hall–Kier alpha value is -1.33. The van der Waals surface area contributed by atoms with E-state index in [1.54, 1.807) is 11.8 Å². The largest absolute Gasteiger partial charge is 0.329 e. The van der Waals surface area contributed by atoms with Gasteiger partial charge in [-0.3, -0.25) is 0 Å². The molecule has 1 atom stereocenters. The maximum absolute atomic E-state index is 5.99. The predicted octanol–water partition coefficient (Wildman–Crippen LogP) is 3.11. The molecule has 21 heavy (non-hydrogen) atoms. The summed E-state index contributed by atoms with van der Waals surface area (Å²) in [5.41, 5.74) is 8.53. The Morgan fingerprint density at radius 3 is 2.76 bits per heavy atom. The number of thioether (sulfide) groups is 1. The molecule has 1 unspecified atom stereocenters. The molecule has 2 heterocycles. The number of nitrogens with two attached hydrogens (primary N) is 1. The second-order valence-corrected chi connectivity index (χ2v) is 6.78. The zero-order chi connectivity index (χ0) is 14.7. The van der Waals surface area contributed by atoms with Crippen molar-refractivity contribution < 1.29 is 0 Å². The van der Waals surface area contributed by atoms with Gasteiger partial charge in [0.2, 0.25) is 0 Å². The molecular weight excluding hydrogens is 280 g/mol. The summed E-state index contributed by atoms with van der Waals surface area (Å²) in [5.74, 6) is 1.13.